The zero-order valence-corrected chi connectivity index (χ0v) is 12.5. The Bertz CT molecular complexity index is 582. The number of aryl methyl sites for hydroxylation is 2. The number of benzene rings is 2. The number of halogens is 1. The highest BCUT2D eigenvalue weighted by molar-refractivity contribution is 9.10. The molecule has 0 aliphatic heterocycles. The van der Waals surface area contributed by atoms with Gasteiger partial charge >= 0.3 is 0 Å². The number of hydrogen-bond acceptors (Lipinski definition) is 2. The van der Waals surface area contributed by atoms with Crippen molar-refractivity contribution in [2.75, 3.05) is 0 Å². The van der Waals surface area contributed by atoms with Gasteiger partial charge in [-0.3, -0.25) is 4.79 Å². The van der Waals surface area contributed by atoms with Gasteiger partial charge in [0.2, 0.25) is 0 Å². The van der Waals surface area contributed by atoms with Crippen LogP contribution in [0.25, 0.3) is 0 Å². The molecule has 0 bridgehead atoms. The molecular weight excluding hydrogens is 304 g/mol. The van der Waals surface area contributed by atoms with E-state index < -0.39 is 0 Å². The van der Waals surface area contributed by atoms with E-state index in [1.807, 2.05) is 50.2 Å². The molecule has 0 N–H and O–H groups in total. The van der Waals surface area contributed by atoms with Crippen LogP contribution in [-0.4, -0.2) is 6.29 Å². The van der Waals surface area contributed by atoms with Crippen molar-refractivity contribution in [3.63, 3.8) is 0 Å². The molecule has 0 heterocycles. The molecule has 2 aromatic rings. The van der Waals surface area contributed by atoms with Gasteiger partial charge in [-0.15, -0.1) is 0 Å². The fraction of sp³-hybridized carbons (Fsp3) is 0.188. The summed E-state index contributed by atoms with van der Waals surface area (Å²) in [6, 6.07) is 11.7. The van der Waals surface area contributed by atoms with E-state index in [9.17, 15) is 4.79 Å². The largest absolute Gasteiger partial charge is 0.488 e. The molecule has 2 nitrogen and oxygen atoms in total. The van der Waals surface area contributed by atoms with Crippen molar-refractivity contribution in [1.82, 2.24) is 0 Å². The van der Waals surface area contributed by atoms with Gasteiger partial charge in [-0.1, -0.05) is 28.1 Å². The van der Waals surface area contributed by atoms with Gasteiger partial charge in [0.15, 0.2) is 0 Å². The Morgan fingerprint density at radius 2 is 1.84 bits per heavy atom. The maximum absolute atomic E-state index is 10.8. The first-order chi connectivity index (χ1) is 9.10. The lowest BCUT2D eigenvalue weighted by Gasteiger charge is -2.13. The second-order valence-electron chi connectivity index (χ2n) is 4.52. The Morgan fingerprint density at radius 3 is 2.42 bits per heavy atom. The molecule has 0 amide bonds. The van der Waals surface area contributed by atoms with Gasteiger partial charge in [0.25, 0.3) is 0 Å². The Balaban J connectivity index is 2.18. The molecule has 2 aromatic carbocycles. The smallest absolute Gasteiger partial charge is 0.150 e. The van der Waals surface area contributed by atoms with Gasteiger partial charge in [0.05, 0.1) is 0 Å². The Hall–Kier alpha value is -1.61. The molecule has 0 unspecified atom stereocenters. The molecule has 19 heavy (non-hydrogen) atoms. The molecule has 0 saturated heterocycles. The summed E-state index contributed by atoms with van der Waals surface area (Å²) >= 11 is 3.44. The first-order valence-electron chi connectivity index (χ1n) is 6.04. The molecular formula is C16H15BrO2. The second kappa shape index (κ2) is 6.02. The number of carbonyl (C=O) groups excluding carboxylic acids is 1. The van der Waals surface area contributed by atoms with Gasteiger partial charge in [0, 0.05) is 10.0 Å². The van der Waals surface area contributed by atoms with E-state index in [0.29, 0.717) is 12.2 Å². The molecule has 2 rings (SSSR count). The lowest BCUT2D eigenvalue weighted by Crippen LogP contribution is -2.00. The monoisotopic (exact) mass is 318 g/mol. The first kappa shape index (κ1) is 13.8. The normalized spacial score (nSPS) is 10.3. The van der Waals surface area contributed by atoms with Gasteiger partial charge in [-0.2, -0.15) is 0 Å². The molecule has 0 atom stereocenters. The minimum absolute atomic E-state index is 0.515. The molecule has 0 aromatic heterocycles. The third-order valence-electron chi connectivity index (χ3n) is 2.89. The Morgan fingerprint density at radius 1 is 1.16 bits per heavy atom. The Kier molecular flexibility index (Phi) is 4.38. The van der Waals surface area contributed by atoms with Gasteiger partial charge in [-0.25, -0.2) is 0 Å². The molecule has 0 fully saturated rings. The van der Waals surface area contributed by atoms with E-state index in [1.54, 1.807) is 0 Å². The number of aldehydes is 1. The van der Waals surface area contributed by atoms with Crippen molar-refractivity contribution in [3.05, 3.63) is 63.1 Å². The third-order valence-corrected chi connectivity index (χ3v) is 3.38. The average Bonchev–Trinajstić information content (AvgIpc) is 2.37. The highest BCUT2D eigenvalue weighted by Crippen LogP contribution is 2.25. The summed E-state index contributed by atoms with van der Waals surface area (Å²) < 4.78 is 6.91. The van der Waals surface area contributed by atoms with E-state index in [0.717, 1.165) is 33.2 Å². The second-order valence-corrected chi connectivity index (χ2v) is 5.44. The lowest BCUT2D eigenvalue weighted by molar-refractivity contribution is 0.112. The van der Waals surface area contributed by atoms with Gasteiger partial charge in [0.1, 0.15) is 18.6 Å². The van der Waals surface area contributed by atoms with Crippen LogP contribution in [0, 0.1) is 13.8 Å². The van der Waals surface area contributed by atoms with Crippen LogP contribution < -0.4 is 4.74 Å². The summed E-state index contributed by atoms with van der Waals surface area (Å²) in [7, 11) is 0. The fourth-order valence-corrected chi connectivity index (χ4v) is 2.51. The van der Waals surface area contributed by atoms with Crippen molar-refractivity contribution in [1.29, 1.82) is 0 Å². The molecule has 0 aliphatic rings. The molecule has 0 spiro atoms. The average molecular weight is 319 g/mol. The number of rotatable bonds is 4. The zero-order valence-electron chi connectivity index (χ0n) is 10.9. The van der Waals surface area contributed by atoms with E-state index in [-0.39, 0.29) is 0 Å². The fourth-order valence-electron chi connectivity index (χ4n) is 2.06. The molecule has 98 valence electrons. The summed E-state index contributed by atoms with van der Waals surface area (Å²) in [5, 5.41) is 0. The summed E-state index contributed by atoms with van der Waals surface area (Å²) in [5.41, 5.74) is 3.76. The van der Waals surface area contributed by atoms with Crippen LogP contribution in [0.3, 0.4) is 0 Å². The van der Waals surface area contributed by atoms with Crippen molar-refractivity contribution < 1.29 is 9.53 Å². The van der Waals surface area contributed by atoms with Crippen LogP contribution in [-0.2, 0) is 6.61 Å². The minimum Gasteiger partial charge on any atom is -0.488 e. The van der Waals surface area contributed by atoms with Crippen molar-refractivity contribution >= 4 is 22.2 Å². The zero-order chi connectivity index (χ0) is 13.8. The van der Waals surface area contributed by atoms with Crippen LogP contribution in [0.15, 0.2) is 40.9 Å². The van der Waals surface area contributed by atoms with E-state index in [1.165, 1.54) is 0 Å². The van der Waals surface area contributed by atoms with Crippen LogP contribution in [0.1, 0.15) is 27.0 Å². The minimum atomic E-state index is 0.515. The highest BCUT2D eigenvalue weighted by atomic mass is 79.9. The summed E-state index contributed by atoms with van der Waals surface area (Å²) in [6.45, 7) is 4.42. The lowest BCUT2D eigenvalue weighted by atomic mass is 10.1. The third kappa shape index (κ3) is 3.44. The Labute approximate surface area is 121 Å². The first-order valence-corrected chi connectivity index (χ1v) is 6.83. The summed E-state index contributed by atoms with van der Waals surface area (Å²) in [5.74, 6) is 0.852. The van der Waals surface area contributed by atoms with Crippen molar-refractivity contribution in [2.24, 2.45) is 0 Å². The molecule has 0 radical (unpaired) electrons. The predicted octanol–water partition coefficient (Wildman–Crippen LogP) is 4.46. The quantitative estimate of drug-likeness (QED) is 0.778. The number of carbonyl (C=O) groups is 1. The van der Waals surface area contributed by atoms with Gasteiger partial charge in [-0.05, 0) is 54.8 Å². The standard InChI is InChI=1S/C16H15BrO2/c1-11-6-14(9-18)7-12(2)16(11)19-10-13-4-3-5-15(17)8-13/h3-9H,10H2,1-2H3. The molecule has 3 heteroatoms. The maximum atomic E-state index is 10.8. The SMILES string of the molecule is Cc1cc(C=O)cc(C)c1OCc1cccc(Br)c1. The van der Waals surface area contributed by atoms with E-state index >= 15 is 0 Å². The van der Waals surface area contributed by atoms with E-state index in [4.69, 9.17) is 4.74 Å². The van der Waals surface area contributed by atoms with Crippen LogP contribution >= 0.6 is 15.9 Å². The van der Waals surface area contributed by atoms with Crippen LogP contribution in [0.5, 0.6) is 5.75 Å². The van der Waals surface area contributed by atoms with Crippen LogP contribution in [0.2, 0.25) is 0 Å². The summed E-state index contributed by atoms with van der Waals surface area (Å²) in [6.07, 6.45) is 0.859. The number of ether oxygens (including phenoxy) is 1. The van der Waals surface area contributed by atoms with Gasteiger partial charge < -0.3 is 4.74 Å². The van der Waals surface area contributed by atoms with Crippen molar-refractivity contribution in [2.45, 2.75) is 20.5 Å². The molecule has 0 aliphatic carbocycles. The van der Waals surface area contributed by atoms with Crippen LogP contribution in [0.4, 0.5) is 0 Å². The van der Waals surface area contributed by atoms with Crippen molar-refractivity contribution in [3.8, 4) is 5.75 Å². The maximum Gasteiger partial charge on any atom is 0.150 e. The molecule has 0 saturated carbocycles. The predicted molar refractivity (Wildman–Crippen MR) is 79.8 cm³/mol. The van der Waals surface area contributed by atoms with E-state index in [2.05, 4.69) is 15.9 Å². The number of hydrogen-bond donors (Lipinski definition) is 0. The summed E-state index contributed by atoms with van der Waals surface area (Å²) in [4.78, 5) is 10.8. The topological polar surface area (TPSA) is 26.3 Å². The highest BCUT2D eigenvalue weighted by Gasteiger charge is 2.06.